The van der Waals surface area contributed by atoms with E-state index in [0.29, 0.717) is 36.4 Å². The number of nitrogens with one attached hydrogen (secondary N) is 1. The van der Waals surface area contributed by atoms with Crippen molar-refractivity contribution in [2.24, 2.45) is 21.8 Å². The van der Waals surface area contributed by atoms with E-state index in [-0.39, 0.29) is 36.4 Å². The summed E-state index contributed by atoms with van der Waals surface area (Å²) in [6.45, 7) is 4.98. The summed E-state index contributed by atoms with van der Waals surface area (Å²) < 4.78 is 5.74. The number of non-ortho nitro benzene ring substituents is 1. The van der Waals surface area contributed by atoms with Gasteiger partial charge in [0, 0.05) is 52.8 Å². The number of benzene rings is 3. The number of ether oxygens (including phenoxy) is 1. The number of azide groups is 1. The lowest BCUT2D eigenvalue weighted by molar-refractivity contribution is -0.384. The fraction of sp³-hybridized carbons (Fsp3) is 0.395. The Balaban J connectivity index is 1.31. The Labute approximate surface area is 297 Å². The lowest BCUT2D eigenvalue weighted by atomic mass is 9.68. The van der Waals surface area contributed by atoms with Crippen molar-refractivity contribution in [2.75, 3.05) is 45.9 Å². The maximum atomic E-state index is 14.1. The molecular weight excluding hydrogens is 648 g/mol. The van der Waals surface area contributed by atoms with Crippen LogP contribution >= 0.6 is 0 Å². The van der Waals surface area contributed by atoms with Crippen molar-refractivity contribution in [2.45, 2.75) is 43.9 Å². The molecule has 2 atom stereocenters. The molecule has 2 heterocycles. The molecule has 5 rings (SSSR count). The summed E-state index contributed by atoms with van der Waals surface area (Å²) >= 11 is 0. The average molecular weight is 693 g/mol. The topological polar surface area (TPSA) is 189 Å². The van der Waals surface area contributed by atoms with Crippen molar-refractivity contribution in [1.82, 2.24) is 10.2 Å². The van der Waals surface area contributed by atoms with E-state index in [4.69, 9.17) is 21.0 Å². The molecule has 0 aromatic heterocycles. The molecule has 0 saturated carbocycles. The molecule has 3 aromatic carbocycles. The van der Waals surface area contributed by atoms with Crippen LogP contribution in [-0.4, -0.2) is 73.3 Å². The second-order valence-corrected chi connectivity index (χ2v) is 12.8. The van der Waals surface area contributed by atoms with Crippen molar-refractivity contribution in [3.8, 4) is 0 Å². The van der Waals surface area contributed by atoms with Gasteiger partial charge in [-0.25, -0.2) is 0 Å². The first kappa shape index (κ1) is 36.9. The molecule has 1 saturated heterocycles. The molecule has 0 radical (unpaired) electrons. The summed E-state index contributed by atoms with van der Waals surface area (Å²) in [6, 6.07) is 27.2. The molecule has 0 aliphatic carbocycles. The third-order valence-electron chi connectivity index (χ3n) is 9.91. The van der Waals surface area contributed by atoms with Gasteiger partial charge in [-0.3, -0.25) is 24.7 Å². The lowest BCUT2D eigenvalue weighted by Crippen LogP contribution is -2.44. The van der Waals surface area contributed by atoms with Gasteiger partial charge in [-0.15, -0.1) is 0 Å². The molecule has 266 valence electrons. The number of amides is 2. The third-order valence-corrected chi connectivity index (χ3v) is 9.91. The number of nitrogens with two attached hydrogens (primary N) is 1. The molecule has 51 heavy (non-hydrogen) atoms. The maximum Gasteiger partial charge on any atom is 0.269 e. The number of nitrogens with zero attached hydrogens (tertiary/aromatic N) is 6. The van der Waals surface area contributed by atoms with Crippen molar-refractivity contribution >= 4 is 23.2 Å². The Morgan fingerprint density at radius 2 is 1.69 bits per heavy atom. The summed E-state index contributed by atoms with van der Waals surface area (Å²) in [5, 5.41) is 17.9. The fourth-order valence-corrected chi connectivity index (χ4v) is 7.35. The Morgan fingerprint density at radius 3 is 2.24 bits per heavy atom. The second-order valence-electron chi connectivity index (χ2n) is 12.8. The summed E-state index contributed by atoms with van der Waals surface area (Å²) in [5.41, 5.74) is 18.6. The van der Waals surface area contributed by atoms with Gasteiger partial charge in [-0.2, -0.15) is 0 Å². The van der Waals surface area contributed by atoms with Crippen molar-refractivity contribution in [1.29, 1.82) is 0 Å². The van der Waals surface area contributed by atoms with E-state index in [0.717, 1.165) is 32.5 Å². The number of nitro benzene ring substituents is 1. The fourth-order valence-electron chi connectivity index (χ4n) is 7.35. The number of carbonyl (C=O) groups is 2. The van der Waals surface area contributed by atoms with Gasteiger partial charge in [0.1, 0.15) is 0 Å². The normalized spacial score (nSPS) is 18.7. The summed E-state index contributed by atoms with van der Waals surface area (Å²) in [6.07, 6.45) is 3.05. The molecule has 2 unspecified atom stereocenters. The maximum absolute atomic E-state index is 14.1. The summed E-state index contributed by atoms with van der Waals surface area (Å²) in [4.78, 5) is 47.8. The number of likely N-dealkylation sites (tertiary alicyclic amines) is 1. The zero-order valence-electron chi connectivity index (χ0n) is 28.8. The first-order chi connectivity index (χ1) is 24.8. The van der Waals surface area contributed by atoms with Gasteiger partial charge in [0.25, 0.3) is 5.69 Å². The standard InChI is InChI=1S/C38H44N8O5/c1-2-31-34(36(39)47)33(27-14-16-30(17-15-27)46(49)50)35(32(43-31)26-51-25-21-42-44-40)37(48)41-20-9-22-45-23-18-38(19-24-45,28-10-5-3-6-11-28)29-12-7-4-8-13-29/h3-8,10-17,33-34H,2,9,18-26H2,1H3,(H2,39,47)(H,41,48). The van der Waals surface area contributed by atoms with Gasteiger partial charge in [0.2, 0.25) is 11.8 Å². The van der Waals surface area contributed by atoms with E-state index >= 15 is 0 Å². The van der Waals surface area contributed by atoms with Gasteiger partial charge in [-0.1, -0.05) is 84.8 Å². The zero-order valence-corrected chi connectivity index (χ0v) is 28.8. The highest BCUT2D eigenvalue weighted by molar-refractivity contribution is 6.09. The molecule has 13 heteroatoms. The van der Waals surface area contributed by atoms with Crippen LogP contribution in [0.1, 0.15) is 55.2 Å². The quantitative estimate of drug-likeness (QED) is 0.0475. The highest BCUT2D eigenvalue weighted by atomic mass is 16.6. The van der Waals surface area contributed by atoms with Crippen LogP contribution in [0.25, 0.3) is 10.4 Å². The van der Waals surface area contributed by atoms with E-state index in [1.165, 1.54) is 23.3 Å². The summed E-state index contributed by atoms with van der Waals surface area (Å²) in [7, 11) is 0. The zero-order chi connectivity index (χ0) is 36.2. The van der Waals surface area contributed by atoms with Crippen LogP contribution in [0, 0.1) is 16.0 Å². The Hall–Kier alpha value is -5.36. The first-order valence-corrected chi connectivity index (χ1v) is 17.3. The van der Waals surface area contributed by atoms with Crippen LogP contribution in [0.3, 0.4) is 0 Å². The molecule has 0 bridgehead atoms. The monoisotopic (exact) mass is 692 g/mol. The van der Waals surface area contributed by atoms with Gasteiger partial charge < -0.3 is 20.7 Å². The molecular formula is C38H44N8O5. The number of piperidine rings is 1. The van der Waals surface area contributed by atoms with Crippen LogP contribution in [0.5, 0.6) is 0 Å². The Bertz CT molecular complexity index is 1740. The predicted octanol–water partition coefficient (Wildman–Crippen LogP) is 5.81. The number of nitro groups is 1. The van der Waals surface area contributed by atoms with E-state index in [2.05, 4.69) is 68.8 Å². The smallest absolute Gasteiger partial charge is 0.269 e. The average Bonchev–Trinajstić information content (AvgIpc) is 3.16. The van der Waals surface area contributed by atoms with Crippen molar-refractivity contribution < 1.29 is 19.2 Å². The molecule has 13 nitrogen and oxygen atoms in total. The van der Waals surface area contributed by atoms with Crippen LogP contribution < -0.4 is 11.1 Å². The van der Waals surface area contributed by atoms with Crippen LogP contribution in [0.2, 0.25) is 0 Å². The SMILES string of the molecule is CCC1=NC(COCCN=[N+]=[N-])=C(C(=O)NCCCN2CCC(c3ccccc3)(c3ccccc3)CC2)C(c2ccc([N+](=O)[O-])cc2)C1C(N)=O. The number of hydrogen-bond acceptors (Lipinski definition) is 8. The molecule has 2 aliphatic rings. The first-order valence-electron chi connectivity index (χ1n) is 17.3. The van der Waals surface area contributed by atoms with Gasteiger partial charge in [0.15, 0.2) is 0 Å². The highest BCUT2D eigenvalue weighted by Gasteiger charge is 2.42. The number of aliphatic imine (C=N–C) groups is 1. The summed E-state index contributed by atoms with van der Waals surface area (Å²) in [5.74, 6) is -2.84. The Morgan fingerprint density at radius 1 is 1.06 bits per heavy atom. The highest BCUT2D eigenvalue weighted by Crippen LogP contribution is 2.42. The molecule has 0 spiro atoms. The minimum absolute atomic E-state index is 0.0537. The predicted molar refractivity (Wildman–Crippen MR) is 195 cm³/mol. The van der Waals surface area contributed by atoms with Crippen molar-refractivity contribution in [3.05, 3.63) is 133 Å². The van der Waals surface area contributed by atoms with E-state index < -0.39 is 28.6 Å². The van der Waals surface area contributed by atoms with Gasteiger partial charge in [0.05, 0.1) is 29.8 Å². The van der Waals surface area contributed by atoms with E-state index in [1.54, 1.807) is 12.1 Å². The van der Waals surface area contributed by atoms with Gasteiger partial charge >= 0.3 is 0 Å². The number of primary amides is 1. The molecule has 2 amide bonds. The molecule has 3 N–H and O–H groups in total. The molecule has 2 aliphatic heterocycles. The van der Waals surface area contributed by atoms with Crippen LogP contribution in [0.4, 0.5) is 5.69 Å². The number of rotatable bonds is 16. The second kappa shape index (κ2) is 17.5. The van der Waals surface area contributed by atoms with Crippen LogP contribution in [-0.2, 0) is 19.7 Å². The van der Waals surface area contributed by atoms with Crippen LogP contribution in [0.15, 0.2) is 106 Å². The Kier molecular flexibility index (Phi) is 12.7. The molecule has 1 fully saturated rings. The molecule has 3 aromatic rings. The van der Waals surface area contributed by atoms with Crippen molar-refractivity contribution in [3.63, 3.8) is 0 Å². The van der Waals surface area contributed by atoms with Gasteiger partial charge in [-0.05, 0) is 67.5 Å². The largest absolute Gasteiger partial charge is 0.375 e. The minimum Gasteiger partial charge on any atom is -0.375 e. The minimum atomic E-state index is -0.938. The number of hydrogen-bond donors (Lipinski definition) is 2. The van der Waals surface area contributed by atoms with E-state index in [9.17, 15) is 19.7 Å². The van der Waals surface area contributed by atoms with E-state index in [1.807, 2.05) is 19.1 Å². The third kappa shape index (κ3) is 8.69. The lowest BCUT2D eigenvalue weighted by Gasteiger charge is -2.43. The number of carbonyl (C=O) groups excluding carboxylic acids is 2.